The summed E-state index contributed by atoms with van der Waals surface area (Å²) in [5.41, 5.74) is 0.638. The van der Waals surface area contributed by atoms with Crippen molar-refractivity contribution in [2.75, 3.05) is 13.7 Å². The number of aliphatic carboxylic acids is 1. The lowest BCUT2D eigenvalue weighted by atomic mass is 9.99. The lowest BCUT2D eigenvalue weighted by molar-refractivity contribution is -0.138. The van der Waals surface area contributed by atoms with Crippen molar-refractivity contribution >= 4 is 11.9 Å². The van der Waals surface area contributed by atoms with Gasteiger partial charge in [0.1, 0.15) is 11.5 Å². The van der Waals surface area contributed by atoms with Crippen LogP contribution in [0.2, 0.25) is 0 Å². The average Bonchev–Trinajstić information content (AvgIpc) is 2.63. The molecule has 0 radical (unpaired) electrons. The largest absolute Gasteiger partial charge is 0.497 e. The summed E-state index contributed by atoms with van der Waals surface area (Å²) in [5.74, 6) is -0.954. The molecule has 6 heteroatoms. The number of carboxylic acid groups (broad SMARTS) is 1. The van der Waals surface area contributed by atoms with E-state index < -0.39 is 18.0 Å². The first-order valence-electron chi connectivity index (χ1n) is 7.87. The summed E-state index contributed by atoms with van der Waals surface area (Å²) in [4.78, 5) is 23.6. The number of hydrogen-bond donors (Lipinski definition) is 2. The Morgan fingerprint density at radius 2 is 1.64 bits per heavy atom. The fraction of sp³-hybridized carbons (Fsp3) is 0.263. The molecule has 0 heterocycles. The third-order valence-corrected chi connectivity index (χ3v) is 3.72. The highest BCUT2D eigenvalue weighted by Gasteiger charge is 2.22. The Balaban J connectivity index is 1.92. The molecule has 25 heavy (non-hydrogen) atoms. The molecule has 2 N–H and O–H groups in total. The van der Waals surface area contributed by atoms with E-state index in [-0.39, 0.29) is 12.5 Å². The first kappa shape index (κ1) is 18.3. The number of methoxy groups -OCH3 is 1. The average molecular weight is 343 g/mol. The van der Waals surface area contributed by atoms with Crippen molar-refractivity contribution < 1.29 is 24.2 Å². The second-order valence-corrected chi connectivity index (χ2v) is 5.48. The minimum absolute atomic E-state index is 0.00546. The molecule has 0 saturated heterocycles. The summed E-state index contributed by atoms with van der Waals surface area (Å²) in [6.45, 7) is 1.60. The molecule has 0 aliphatic heterocycles. The molecule has 2 aromatic carbocycles. The number of ether oxygens (including phenoxy) is 2. The van der Waals surface area contributed by atoms with Gasteiger partial charge < -0.3 is 19.9 Å². The highest BCUT2D eigenvalue weighted by atomic mass is 16.5. The number of nitrogens with one attached hydrogen (secondary N) is 1. The fourth-order valence-electron chi connectivity index (χ4n) is 2.29. The van der Waals surface area contributed by atoms with Gasteiger partial charge in [-0.25, -0.2) is 0 Å². The van der Waals surface area contributed by atoms with Crippen LogP contribution in [-0.4, -0.2) is 36.7 Å². The molecular weight excluding hydrogens is 322 g/mol. The zero-order valence-corrected chi connectivity index (χ0v) is 14.1. The predicted molar refractivity (Wildman–Crippen MR) is 92.9 cm³/mol. The van der Waals surface area contributed by atoms with E-state index in [4.69, 9.17) is 9.47 Å². The number of carbonyl (C=O) groups is 2. The fourth-order valence-corrected chi connectivity index (χ4v) is 2.29. The van der Waals surface area contributed by atoms with Crippen molar-refractivity contribution in [1.82, 2.24) is 5.32 Å². The van der Waals surface area contributed by atoms with E-state index in [1.165, 1.54) is 0 Å². The Kier molecular flexibility index (Phi) is 6.39. The van der Waals surface area contributed by atoms with Gasteiger partial charge in [-0.05, 0) is 36.8 Å². The lowest BCUT2D eigenvalue weighted by Gasteiger charge is -2.17. The van der Waals surface area contributed by atoms with Crippen molar-refractivity contribution in [3.63, 3.8) is 0 Å². The van der Waals surface area contributed by atoms with Crippen molar-refractivity contribution in [3.8, 4) is 11.5 Å². The topological polar surface area (TPSA) is 84.9 Å². The molecular formula is C19H21NO5. The van der Waals surface area contributed by atoms with Crippen molar-refractivity contribution in [2.24, 2.45) is 0 Å². The monoisotopic (exact) mass is 343 g/mol. The van der Waals surface area contributed by atoms with Crippen molar-refractivity contribution in [2.45, 2.75) is 18.9 Å². The van der Waals surface area contributed by atoms with Crippen LogP contribution < -0.4 is 14.8 Å². The summed E-state index contributed by atoms with van der Waals surface area (Å²) in [7, 11) is 1.57. The van der Waals surface area contributed by atoms with Crippen LogP contribution in [0.15, 0.2) is 54.6 Å². The molecule has 2 unspecified atom stereocenters. The minimum atomic E-state index is -0.991. The van der Waals surface area contributed by atoms with Crippen molar-refractivity contribution in [3.05, 3.63) is 60.2 Å². The summed E-state index contributed by atoms with van der Waals surface area (Å²) < 4.78 is 10.6. The van der Waals surface area contributed by atoms with Gasteiger partial charge in [-0.1, -0.05) is 30.3 Å². The summed E-state index contributed by atoms with van der Waals surface area (Å²) in [6.07, 6.45) is -0.751. The summed E-state index contributed by atoms with van der Waals surface area (Å²) >= 11 is 0. The number of carboxylic acids is 1. The van der Waals surface area contributed by atoms with Crippen LogP contribution in [-0.2, 0) is 9.59 Å². The van der Waals surface area contributed by atoms with Gasteiger partial charge in [-0.15, -0.1) is 0 Å². The molecule has 0 spiro atoms. The van der Waals surface area contributed by atoms with Gasteiger partial charge in [0.2, 0.25) is 0 Å². The Morgan fingerprint density at radius 1 is 1.04 bits per heavy atom. The van der Waals surface area contributed by atoms with Gasteiger partial charge >= 0.3 is 5.97 Å². The van der Waals surface area contributed by atoms with Gasteiger partial charge in [0.25, 0.3) is 5.91 Å². The van der Waals surface area contributed by atoms with Gasteiger partial charge in [-0.3, -0.25) is 9.59 Å². The second kappa shape index (κ2) is 8.73. The van der Waals surface area contributed by atoms with E-state index in [1.54, 1.807) is 62.6 Å². The number of benzene rings is 2. The predicted octanol–water partition coefficient (Wildman–Crippen LogP) is 2.45. The van der Waals surface area contributed by atoms with Crippen LogP contribution in [0.3, 0.4) is 0 Å². The molecule has 0 saturated carbocycles. The first-order chi connectivity index (χ1) is 12.0. The number of rotatable bonds is 8. The molecule has 0 aliphatic carbocycles. The quantitative estimate of drug-likeness (QED) is 0.769. The standard InChI is InChI=1S/C19H21NO5/c1-13(25-16-10-8-15(24-2)9-11-16)18(21)20-12-17(19(22)23)14-6-4-3-5-7-14/h3-11,13,17H,12H2,1-2H3,(H,20,21)(H,22,23). The molecule has 1 amide bonds. The number of hydrogen-bond acceptors (Lipinski definition) is 4. The molecule has 0 aromatic heterocycles. The molecule has 0 bridgehead atoms. The van der Waals surface area contributed by atoms with E-state index in [0.717, 1.165) is 0 Å². The third kappa shape index (κ3) is 5.24. The van der Waals surface area contributed by atoms with Gasteiger partial charge in [-0.2, -0.15) is 0 Å². The lowest BCUT2D eigenvalue weighted by Crippen LogP contribution is -2.39. The Bertz CT molecular complexity index is 700. The van der Waals surface area contributed by atoms with Crippen LogP contribution in [0.5, 0.6) is 11.5 Å². The zero-order valence-electron chi connectivity index (χ0n) is 14.1. The van der Waals surface area contributed by atoms with Gasteiger partial charge in [0.05, 0.1) is 13.0 Å². The van der Waals surface area contributed by atoms with E-state index in [0.29, 0.717) is 17.1 Å². The third-order valence-electron chi connectivity index (χ3n) is 3.72. The second-order valence-electron chi connectivity index (χ2n) is 5.48. The van der Waals surface area contributed by atoms with Gasteiger partial charge in [0.15, 0.2) is 6.10 Å². The Labute approximate surface area is 146 Å². The van der Waals surface area contributed by atoms with Crippen molar-refractivity contribution in [1.29, 1.82) is 0 Å². The smallest absolute Gasteiger partial charge is 0.312 e. The van der Waals surface area contributed by atoms with Crippen LogP contribution in [0.25, 0.3) is 0 Å². The molecule has 2 atom stereocenters. The first-order valence-corrected chi connectivity index (χ1v) is 7.87. The van der Waals surface area contributed by atoms with Crippen LogP contribution in [0, 0.1) is 0 Å². The molecule has 6 nitrogen and oxygen atoms in total. The summed E-state index contributed by atoms with van der Waals surface area (Å²) in [5, 5.41) is 12.0. The maximum atomic E-state index is 12.2. The highest BCUT2D eigenvalue weighted by Crippen LogP contribution is 2.18. The maximum absolute atomic E-state index is 12.2. The van der Waals surface area contributed by atoms with Gasteiger partial charge in [0, 0.05) is 6.54 Å². The Hall–Kier alpha value is -3.02. The van der Waals surface area contributed by atoms with E-state index in [9.17, 15) is 14.7 Å². The maximum Gasteiger partial charge on any atom is 0.312 e. The van der Waals surface area contributed by atoms with E-state index in [1.807, 2.05) is 6.07 Å². The molecule has 132 valence electrons. The molecule has 0 aliphatic rings. The summed E-state index contributed by atoms with van der Waals surface area (Å²) in [6, 6.07) is 15.7. The van der Waals surface area contributed by atoms with Crippen LogP contribution >= 0.6 is 0 Å². The SMILES string of the molecule is COc1ccc(OC(C)C(=O)NCC(C(=O)O)c2ccccc2)cc1. The van der Waals surface area contributed by atoms with Crippen LogP contribution in [0.4, 0.5) is 0 Å². The normalized spacial score (nSPS) is 12.7. The van der Waals surface area contributed by atoms with E-state index >= 15 is 0 Å². The minimum Gasteiger partial charge on any atom is -0.497 e. The Morgan fingerprint density at radius 3 is 2.20 bits per heavy atom. The molecule has 0 fully saturated rings. The highest BCUT2D eigenvalue weighted by molar-refractivity contribution is 5.82. The number of carbonyl (C=O) groups excluding carboxylic acids is 1. The zero-order chi connectivity index (χ0) is 18.2. The molecule has 2 aromatic rings. The van der Waals surface area contributed by atoms with Crippen LogP contribution in [0.1, 0.15) is 18.4 Å². The number of amides is 1. The molecule has 2 rings (SSSR count). The van der Waals surface area contributed by atoms with E-state index in [2.05, 4.69) is 5.32 Å².